The van der Waals surface area contributed by atoms with Crippen LogP contribution < -0.4 is 10.2 Å². The Morgan fingerprint density at radius 2 is 1.79 bits per heavy atom. The van der Waals surface area contributed by atoms with Gasteiger partial charge < -0.3 is 19.7 Å². The van der Waals surface area contributed by atoms with Crippen LogP contribution in [0.15, 0.2) is 47.4 Å². The number of nitrogens with zero attached hydrogens (tertiary/aromatic N) is 1. The lowest BCUT2D eigenvalue weighted by atomic mass is 9.98. The first-order valence-electron chi connectivity index (χ1n) is 13.1. The number of carbonyl (C=O) groups is 3. The van der Waals surface area contributed by atoms with Crippen LogP contribution in [0.25, 0.3) is 0 Å². The maximum atomic E-state index is 13.8. The van der Waals surface area contributed by atoms with Crippen molar-refractivity contribution in [3.63, 3.8) is 0 Å². The lowest BCUT2D eigenvalue weighted by molar-refractivity contribution is -0.120. The molecular formula is C29H35ClN2O5S. The van der Waals surface area contributed by atoms with Gasteiger partial charge in [0.05, 0.1) is 18.3 Å². The maximum Gasteiger partial charge on any atom is 0.408 e. The van der Waals surface area contributed by atoms with E-state index in [2.05, 4.69) is 5.32 Å². The van der Waals surface area contributed by atoms with E-state index >= 15 is 0 Å². The molecule has 1 atom stereocenters. The largest absolute Gasteiger partial charge is 0.444 e. The highest BCUT2D eigenvalue weighted by molar-refractivity contribution is 7.99. The molecule has 0 bridgehead atoms. The summed E-state index contributed by atoms with van der Waals surface area (Å²) >= 11 is 7.53. The molecule has 4 rings (SSSR count). The van der Waals surface area contributed by atoms with Gasteiger partial charge in [-0.25, -0.2) is 4.79 Å². The predicted molar refractivity (Wildman–Crippen MR) is 150 cm³/mol. The zero-order valence-corrected chi connectivity index (χ0v) is 23.7. The Morgan fingerprint density at radius 3 is 2.47 bits per heavy atom. The van der Waals surface area contributed by atoms with Crippen molar-refractivity contribution in [1.82, 2.24) is 5.32 Å². The van der Waals surface area contributed by atoms with Crippen molar-refractivity contribution in [1.29, 1.82) is 0 Å². The molecule has 2 aliphatic rings. The van der Waals surface area contributed by atoms with Crippen molar-refractivity contribution >= 4 is 46.8 Å². The smallest absolute Gasteiger partial charge is 0.408 e. The minimum atomic E-state index is -0.802. The van der Waals surface area contributed by atoms with Gasteiger partial charge in [-0.1, -0.05) is 49.1 Å². The summed E-state index contributed by atoms with van der Waals surface area (Å²) in [4.78, 5) is 41.9. The molecular weight excluding hydrogens is 524 g/mol. The quantitative estimate of drug-likeness (QED) is 0.396. The molecule has 2 aromatic carbocycles. The van der Waals surface area contributed by atoms with Crippen LogP contribution >= 0.6 is 23.4 Å². The average molecular weight is 559 g/mol. The van der Waals surface area contributed by atoms with Crippen molar-refractivity contribution in [2.24, 2.45) is 0 Å². The minimum Gasteiger partial charge on any atom is -0.444 e. The van der Waals surface area contributed by atoms with Crippen LogP contribution in [-0.4, -0.2) is 47.9 Å². The molecule has 0 aromatic heterocycles. The standard InChI is InChI=1S/C29H35ClN2O5S/c1-29(2,3)37-28(35)31-23-18-38-26-14-11-20(25(33)17-36-22-7-5-4-6-8-22)15-24(26)32(27(23)34)16-19-9-12-21(30)13-10-19/h9-15,22-23H,4-8,16-18H2,1-3H3,(H,31,35)/t23-/m0/s1. The van der Waals surface area contributed by atoms with E-state index in [-0.39, 0.29) is 30.9 Å². The van der Waals surface area contributed by atoms with Gasteiger partial charge in [-0.15, -0.1) is 11.8 Å². The third-order valence-electron chi connectivity index (χ3n) is 6.49. The molecule has 0 unspecified atom stereocenters. The molecule has 1 saturated carbocycles. The van der Waals surface area contributed by atoms with Gasteiger partial charge in [0.25, 0.3) is 5.91 Å². The molecule has 1 fully saturated rings. The van der Waals surface area contributed by atoms with Gasteiger partial charge >= 0.3 is 6.09 Å². The second-order valence-electron chi connectivity index (χ2n) is 10.7. The highest BCUT2D eigenvalue weighted by Crippen LogP contribution is 2.36. The average Bonchev–Trinajstić information content (AvgIpc) is 3.00. The van der Waals surface area contributed by atoms with E-state index < -0.39 is 17.7 Å². The number of alkyl carbamates (subject to hydrolysis) is 1. The number of Topliss-reactive ketones (excluding diaryl/α,β-unsaturated/α-hetero) is 1. The van der Waals surface area contributed by atoms with Crippen LogP contribution in [0.4, 0.5) is 10.5 Å². The number of nitrogens with one attached hydrogen (secondary N) is 1. The van der Waals surface area contributed by atoms with Crippen molar-refractivity contribution in [2.45, 2.75) is 82.1 Å². The van der Waals surface area contributed by atoms with E-state index in [4.69, 9.17) is 21.1 Å². The van der Waals surface area contributed by atoms with Crippen LogP contribution in [0.3, 0.4) is 0 Å². The number of anilines is 1. The van der Waals surface area contributed by atoms with E-state index in [1.807, 2.05) is 18.2 Å². The molecule has 0 saturated heterocycles. The lowest BCUT2D eigenvalue weighted by Crippen LogP contribution is -2.50. The summed E-state index contributed by atoms with van der Waals surface area (Å²) in [5.74, 6) is -0.0599. The first-order chi connectivity index (χ1) is 18.1. The number of thioether (sulfide) groups is 1. The Labute approximate surface area is 233 Å². The van der Waals surface area contributed by atoms with Gasteiger partial charge in [0.1, 0.15) is 18.2 Å². The fourth-order valence-electron chi connectivity index (χ4n) is 4.57. The Kier molecular flexibility index (Phi) is 9.39. The molecule has 0 spiro atoms. The van der Waals surface area contributed by atoms with Crippen LogP contribution in [0.2, 0.25) is 5.02 Å². The van der Waals surface area contributed by atoms with Crippen LogP contribution in [-0.2, 0) is 20.8 Å². The van der Waals surface area contributed by atoms with Gasteiger partial charge in [0.15, 0.2) is 5.78 Å². The van der Waals surface area contributed by atoms with Crippen LogP contribution in [0.5, 0.6) is 0 Å². The lowest BCUT2D eigenvalue weighted by Gasteiger charge is -2.27. The van der Waals surface area contributed by atoms with Crippen LogP contribution in [0, 0.1) is 0 Å². The predicted octanol–water partition coefficient (Wildman–Crippen LogP) is 6.40. The number of ether oxygens (including phenoxy) is 2. The van der Waals surface area contributed by atoms with Gasteiger partial charge in [0, 0.05) is 21.2 Å². The third kappa shape index (κ3) is 7.74. The van der Waals surface area contributed by atoms with Gasteiger partial charge in [-0.2, -0.15) is 0 Å². The van der Waals surface area contributed by atoms with E-state index in [0.717, 1.165) is 36.1 Å². The molecule has 2 aromatic rings. The number of ketones is 1. The van der Waals surface area contributed by atoms with E-state index in [1.165, 1.54) is 18.2 Å². The van der Waals surface area contributed by atoms with E-state index in [0.29, 0.717) is 22.0 Å². The second-order valence-corrected chi connectivity index (χ2v) is 12.2. The molecule has 2 amide bonds. The third-order valence-corrected chi connectivity index (χ3v) is 7.90. The number of carbonyl (C=O) groups excluding carboxylic acids is 3. The summed E-state index contributed by atoms with van der Waals surface area (Å²) < 4.78 is 11.3. The zero-order valence-electron chi connectivity index (χ0n) is 22.1. The van der Waals surface area contributed by atoms with Crippen molar-refractivity contribution in [3.8, 4) is 0 Å². The molecule has 1 aliphatic heterocycles. The molecule has 7 nitrogen and oxygen atoms in total. The number of fused-ring (bicyclic) bond motifs is 1. The topological polar surface area (TPSA) is 84.9 Å². The molecule has 1 N–H and O–H groups in total. The summed E-state index contributed by atoms with van der Waals surface area (Å²) in [5, 5.41) is 3.34. The second kappa shape index (κ2) is 12.5. The SMILES string of the molecule is CC(C)(C)OC(=O)N[C@H]1CSc2ccc(C(=O)COC3CCCCC3)cc2N(Cc2ccc(Cl)cc2)C1=O. The van der Waals surface area contributed by atoms with Gasteiger partial charge in [-0.3, -0.25) is 9.59 Å². The number of amides is 2. The molecule has 0 radical (unpaired) electrons. The molecule has 38 heavy (non-hydrogen) atoms. The fourth-order valence-corrected chi connectivity index (χ4v) is 5.75. The number of benzene rings is 2. The Balaban J connectivity index is 1.58. The first-order valence-corrected chi connectivity index (χ1v) is 14.4. The Morgan fingerprint density at radius 1 is 1.08 bits per heavy atom. The molecule has 1 heterocycles. The van der Waals surface area contributed by atoms with Crippen LogP contribution in [0.1, 0.15) is 68.8 Å². The Bertz CT molecular complexity index is 1160. The summed E-state index contributed by atoms with van der Waals surface area (Å²) in [6, 6.07) is 11.9. The van der Waals surface area contributed by atoms with E-state index in [1.54, 1.807) is 49.9 Å². The molecule has 9 heteroatoms. The number of hydrogen-bond acceptors (Lipinski definition) is 6. The fraction of sp³-hybridized carbons (Fsp3) is 0.483. The van der Waals surface area contributed by atoms with Crippen molar-refractivity contribution < 1.29 is 23.9 Å². The number of halogens is 1. The van der Waals surface area contributed by atoms with E-state index in [9.17, 15) is 14.4 Å². The summed E-state index contributed by atoms with van der Waals surface area (Å²) in [6.45, 7) is 5.59. The number of rotatable bonds is 7. The minimum absolute atomic E-state index is 0.0184. The summed E-state index contributed by atoms with van der Waals surface area (Å²) in [7, 11) is 0. The summed E-state index contributed by atoms with van der Waals surface area (Å²) in [6.07, 6.45) is 4.95. The van der Waals surface area contributed by atoms with Crippen molar-refractivity contribution in [3.05, 3.63) is 58.6 Å². The molecule has 1 aliphatic carbocycles. The normalized spacial score (nSPS) is 18.5. The van der Waals surface area contributed by atoms with Gasteiger partial charge in [-0.05, 0) is 63.4 Å². The zero-order chi connectivity index (χ0) is 27.3. The Hall–Kier alpha value is -2.55. The first kappa shape index (κ1) is 28.5. The maximum absolute atomic E-state index is 13.8. The summed E-state index contributed by atoms with van der Waals surface area (Å²) in [5.41, 5.74) is 1.31. The number of hydrogen-bond donors (Lipinski definition) is 1. The highest BCUT2D eigenvalue weighted by atomic mass is 35.5. The van der Waals surface area contributed by atoms with Gasteiger partial charge in [0.2, 0.25) is 0 Å². The monoisotopic (exact) mass is 558 g/mol. The van der Waals surface area contributed by atoms with Crippen molar-refractivity contribution in [2.75, 3.05) is 17.3 Å². The molecule has 204 valence electrons. The highest BCUT2D eigenvalue weighted by Gasteiger charge is 2.33.